The molecule has 0 unspecified atom stereocenters. The average Bonchev–Trinajstić information content (AvgIpc) is 2.80. The van der Waals surface area contributed by atoms with Gasteiger partial charge in [0, 0.05) is 27.5 Å². The number of rotatable bonds is 4. The monoisotopic (exact) mass is 405 g/mol. The molecule has 5 aromatic carbocycles. The fourth-order valence-corrected chi connectivity index (χ4v) is 4.06. The van der Waals surface area contributed by atoms with Gasteiger partial charge >= 0.3 is 0 Å². The maximum Gasteiger partial charge on any atom is 0.0484 e. The van der Waals surface area contributed by atoms with Gasteiger partial charge in [-0.1, -0.05) is 96.5 Å². The number of benzene rings is 5. The van der Waals surface area contributed by atoms with Crippen LogP contribution in [-0.2, 0) is 0 Å². The summed E-state index contributed by atoms with van der Waals surface area (Å²) < 4.78 is 0. The van der Waals surface area contributed by atoms with Gasteiger partial charge in [0.25, 0.3) is 0 Å². The molecule has 1 nitrogen and oxygen atoms in total. The minimum atomic E-state index is 0.755. The quantitative estimate of drug-likeness (QED) is 0.315. The summed E-state index contributed by atoms with van der Waals surface area (Å²) in [5.41, 5.74) is 6.60. The first-order valence-electron chi connectivity index (χ1n) is 9.98. The third-order valence-electron chi connectivity index (χ3n) is 5.30. The van der Waals surface area contributed by atoms with E-state index in [1.54, 1.807) is 0 Å². The normalized spacial score (nSPS) is 10.8. The summed E-state index contributed by atoms with van der Waals surface area (Å²) in [6.07, 6.45) is 0. The first kappa shape index (κ1) is 18.5. The number of fused-ring (bicyclic) bond motifs is 1. The molecule has 0 aromatic heterocycles. The molecule has 0 bridgehead atoms. The summed E-state index contributed by atoms with van der Waals surface area (Å²) >= 11 is 6.42. The molecule has 5 rings (SSSR count). The van der Waals surface area contributed by atoms with Crippen molar-refractivity contribution in [1.29, 1.82) is 0 Å². The molecule has 0 aliphatic carbocycles. The van der Waals surface area contributed by atoms with E-state index in [1.165, 1.54) is 21.9 Å². The molecule has 0 radical (unpaired) electrons. The maximum atomic E-state index is 6.42. The highest BCUT2D eigenvalue weighted by Gasteiger charge is 2.09. The number of hydrogen-bond acceptors (Lipinski definition) is 1. The first-order valence-corrected chi connectivity index (χ1v) is 10.4. The summed E-state index contributed by atoms with van der Waals surface area (Å²) in [5, 5.41) is 6.84. The van der Waals surface area contributed by atoms with Crippen LogP contribution in [0.4, 0.5) is 11.4 Å². The zero-order valence-electron chi connectivity index (χ0n) is 16.3. The number of nitrogens with one attached hydrogen (secondary N) is 1. The molecule has 0 aliphatic rings. The van der Waals surface area contributed by atoms with E-state index in [4.69, 9.17) is 11.6 Å². The Morgan fingerprint density at radius 1 is 0.500 bits per heavy atom. The molecule has 144 valence electrons. The van der Waals surface area contributed by atoms with Gasteiger partial charge in [-0.2, -0.15) is 0 Å². The van der Waals surface area contributed by atoms with Gasteiger partial charge < -0.3 is 5.32 Å². The Hall–Kier alpha value is -3.55. The second kappa shape index (κ2) is 8.06. The van der Waals surface area contributed by atoms with E-state index in [1.807, 2.05) is 30.3 Å². The van der Waals surface area contributed by atoms with Crippen LogP contribution in [-0.4, -0.2) is 0 Å². The summed E-state index contributed by atoms with van der Waals surface area (Å²) in [7, 11) is 0. The zero-order valence-corrected chi connectivity index (χ0v) is 17.1. The molecule has 0 fully saturated rings. The van der Waals surface area contributed by atoms with Crippen LogP contribution in [0.1, 0.15) is 0 Å². The van der Waals surface area contributed by atoms with E-state index < -0.39 is 0 Å². The Morgan fingerprint density at radius 3 is 1.97 bits per heavy atom. The summed E-state index contributed by atoms with van der Waals surface area (Å²) in [6.45, 7) is 0. The Kier molecular flexibility index (Phi) is 4.96. The lowest BCUT2D eigenvalue weighted by molar-refractivity contribution is 1.54. The molecule has 0 saturated carbocycles. The van der Waals surface area contributed by atoms with E-state index in [2.05, 4.69) is 90.2 Å². The van der Waals surface area contributed by atoms with Crippen molar-refractivity contribution in [2.75, 3.05) is 5.32 Å². The van der Waals surface area contributed by atoms with Crippen molar-refractivity contribution in [3.8, 4) is 22.3 Å². The Labute approximate surface area is 181 Å². The molecule has 0 spiro atoms. The largest absolute Gasteiger partial charge is 0.355 e. The number of anilines is 2. The minimum absolute atomic E-state index is 0.755. The second-order valence-corrected chi connectivity index (χ2v) is 7.70. The predicted molar refractivity (Wildman–Crippen MR) is 130 cm³/mol. The first-order chi connectivity index (χ1) is 14.8. The van der Waals surface area contributed by atoms with Crippen LogP contribution in [0.5, 0.6) is 0 Å². The van der Waals surface area contributed by atoms with Gasteiger partial charge in [0.15, 0.2) is 0 Å². The lowest BCUT2D eigenvalue weighted by Gasteiger charge is -2.15. The van der Waals surface area contributed by atoms with Crippen molar-refractivity contribution in [3.05, 3.63) is 120 Å². The molecule has 1 N–H and O–H groups in total. The average molecular weight is 406 g/mol. The topological polar surface area (TPSA) is 12.0 Å². The van der Waals surface area contributed by atoms with Crippen LogP contribution < -0.4 is 5.32 Å². The van der Waals surface area contributed by atoms with Crippen molar-refractivity contribution in [1.82, 2.24) is 0 Å². The molecular formula is C28H20ClN. The molecule has 0 saturated heterocycles. The van der Waals surface area contributed by atoms with Gasteiger partial charge in [-0.05, 0) is 52.2 Å². The molecule has 0 atom stereocenters. The summed E-state index contributed by atoms with van der Waals surface area (Å²) in [5.74, 6) is 0. The molecule has 2 heteroatoms. The maximum absolute atomic E-state index is 6.42. The number of halogens is 1. The standard InChI is InChI=1S/C28H20ClN/c29-27-16-7-6-15-25(27)23-13-8-14-24(17-23)30-28-19-22-12-5-4-11-21(22)18-26(28)20-9-2-1-3-10-20/h1-19,30H. The van der Waals surface area contributed by atoms with Crippen molar-refractivity contribution in [2.24, 2.45) is 0 Å². The van der Waals surface area contributed by atoms with E-state index in [0.717, 1.165) is 27.5 Å². The Balaban J connectivity index is 1.60. The van der Waals surface area contributed by atoms with Crippen LogP contribution in [0.3, 0.4) is 0 Å². The van der Waals surface area contributed by atoms with Crippen molar-refractivity contribution < 1.29 is 0 Å². The summed E-state index contributed by atoms with van der Waals surface area (Å²) in [4.78, 5) is 0. The fourth-order valence-electron chi connectivity index (χ4n) is 3.82. The predicted octanol–water partition coefficient (Wildman–Crippen LogP) is 8.57. The SMILES string of the molecule is Clc1ccccc1-c1cccc(Nc2cc3ccccc3cc2-c2ccccc2)c1. The Morgan fingerprint density at radius 2 is 1.17 bits per heavy atom. The van der Waals surface area contributed by atoms with Gasteiger partial charge in [-0.15, -0.1) is 0 Å². The Bertz CT molecular complexity index is 1330. The molecule has 0 amide bonds. The third-order valence-corrected chi connectivity index (χ3v) is 5.63. The van der Waals surface area contributed by atoms with Gasteiger partial charge in [0.2, 0.25) is 0 Å². The highest BCUT2D eigenvalue weighted by molar-refractivity contribution is 6.33. The van der Waals surface area contributed by atoms with Crippen molar-refractivity contribution in [2.45, 2.75) is 0 Å². The minimum Gasteiger partial charge on any atom is -0.355 e. The second-order valence-electron chi connectivity index (χ2n) is 7.30. The van der Waals surface area contributed by atoms with Gasteiger partial charge in [-0.25, -0.2) is 0 Å². The summed E-state index contributed by atoms with van der Waals surface area (Å²) in [6, 6.07) is 39.8. The molecular weight excluding hydrogens is 386 g/mol. The molecule has 0 aliphatic heterocycles. The molecule has 0 heterocycles. The van der Waals surface area contributed by atoms with Crippen molar-refractivity contribution in [3.63, 3.8) is 0 Å². The fraction of sp³-hybridized carbons (Fsp3) is 0. The third kappa shape index (κ3) is 3.68. The zero-order chi connectivity index (χ0) is 20.3. The number of hydrogen-bond donors (Lipinski definition) is 1. The van der Waals surface area contributed by atoms with E-state index in [0.29, 0.717) is 0 Å². The highest BCUT2D eigenvalue weighted by atomic mass is 35.5. The van der Waals surface area contributed by atoms with E-state index >= 15 is 0 Å². The van der Waals surface area contributed by atoms with Crippen LogP contribution in [0.25, 0.3) is 33.0 Å². The smallest absolute Gasteiger partial charge is 0.0484 e. The van der Waals surface area contributed by atoms with Crippen LogP contribution >= 0.6 is 11.6 Å². The highest BCUT2D eigenvalue weighted by Crippen LogP contribution is 2.36. The van der Waals surface area contributed by atoms with Gasteiger partial charge in [-0.3, -0.25) is 0 Å². The van der Waals surface area contributed by atoms with Crippen LogP contribution in [0.15, 0.2) is 115 Å². The van der Waals surface area contributed by atoms with Crippen LogP contribution in [0, 0.1) is 0 Å². The van der Waals surface area contributed by atoms with E-state index in [9.17, 15) is 0 Å². The van der Waals surface area contributed by atoms with Gasteiger partial charge in [0.05, 0.1) is 0 Å². The van der Waals surface area contributed by atoms with Crippen molar-refractivity contribution >= 4 is 33.7 Å². The molecule has 5 aromatic rings. The van der Waals surface area contributed by atoms with Gasteiger partial charge in [0.1, 0.15) is 0 Å². The molecule has 30 heavy (non-hydrogen) atoms. The van der Waals surface area contributed by atoms with E-state index in [-0.39, 0.29) is 0 Å². The lowest BCUT2D eigenvalue weighted by atomic mass is 9.98. The lowest BCUT2D eigenvalue weighted by Crippen LogP contribution is -1.94. The van der Waals surface area contributed by atoms with Crippen LogP contribution in [0.2, 0.25) is 5.02 Å².